The van der Waals surface area contributed by atoms with Crippen LogP contribution in [-0.2, 0) is 6.54 Å². The predicted octanol–water partition coefficient (Wildman–Crippen LogP) is -2.13. The molecule has 0 saturated carbocycles. The van der Waals surface area contributed by atoms with Crippen LogP contribution in [0.3, 0.4) is 0 Å². The normalized spacial score (nSPS) is 20.7. The molecule has 2 atom stereocenters. The van der Waals surface area contributed by atoms with Gasteiger partial charge in [-0.25, -0.2) is 0 Å². The van der Waals surface area contributed by atoms with Crippen molar-refractivity contribution in [2.45, 2.75) is 38.9 Å². The van der Waals surface area contributed by atoms with Crippen LogP contribution in [0, 0.1) is 0 Å². The molecule has 142 valence electrons. The molecule has 2 heterocycles. The third kappa shape index (κ3) is 4.17. The van der Waals surface area contributed by atoms with E-state index in [4.69, 9.17) is 0 Å². The molecule has 3 aromatic rings. The Morgan fingerprint density at radius 1 is 0.808 bits per heavy atom. The summed E-state index contributed by atoms with van der Waals surface area (Å²) >= 11 is 0. The molecule has 0 spiro atoms. The third-order valence-corrected chi connectivity index (χ3v) is 5.17. The molecule has 1 saturated heterocycles. The number of rotatable bonds is 4. The van der Waals surface area contributed by atoms with Crippen LogP contribution in [0.1, 0.15) is 20.3 Å². The summed E-state index contributed by atoms with van der Waals surface area (Å²) in [7, 11) is 0. The number of nitrogens with zero attached hydrogens (tertiary/aromatic N) is 2. The maximum Gasteiger partial charge on any atom is 0.0491 e. The predicted molar refractivity (Wildman–Crippen MR) is 103 cm³/mol. The van der Waals surface area contributed by atoms with Gasteiger partial charge in [0.1, 0.15) is 0 Å². The number of benzene rings is 2. The van der Waals surface area contributed by atoms with E-state index < -0.39 is 0 Å². The summed E-state index contributed by atoms with van der Waals surface area (Å²) in [6.45, 7) is 9.16. The van der Waals surface area contributed by atoms with Crippen molar-refractivity contribution in [1.82, 2.24) is 14.8 Å². The number of halogens is 2. The van der Waals surface area contributed by atoms with Gasteiger partial charge in [0.15, 0.2) is 0 Å². The Morgan fingerprint density at radius 3 is 1.85 bits per heavy atom. The van der Waals surface area contributed by atoms with Gasteiger partial charge in [-0.1, -0.05) is 36.4 Å². The number of fused-ring (bicyclic) bond motifs is 3. The first-order chi connectivity index (χ1) is 11.7. The molecule has 0 unspecified atom stereocenters. The lowest BCUT2D eigenvalue weighted by Gasteiger charge is -2.36. The van der Waals surface area contributed by atoms with E-state index in [1.54, 1.807) is 0 Å². The van der Waals surface area contributed by atoms with Crippen molar-refractivity contribution >= 4 is 21.8 Å². The van der Waals surface area contributed by atoms with Gasteiger partial charge in [0.25, 0.3) is 0 Å². The highest BCUT2D eigenvalue weighted by molar-refractivity contribution is 6.07. The zero-order valence-corrected chi connectivity index (χ0v) is 17.0. The number of aromatic nitrogens is 1. The van der Waals surface area contributed by atoms with Gasteiger partial charge in [0.05, 0.1) is 0 Å². The Bertz CT molecular complexity index is 782. The van der Waals surface area contributed by atoms with Gasteiger partial charge >= 0.3 is 0 Å². The van der Waals surface area contributed by atoms with Crippen LogP contribution in [0.5, 0.6) is 0 Å². The van der Waals surface area contributed by atoms with Crippen molar-refractivity contribution in [1.29, 1.82) is 0 Å². The highest BCUT2D eigenvalue weighted by Crippen LogP contribution is 2.28. The highest BCUT2D eigenvalue weighted by Gasteiger charge is 2.20. The highest BCUT2D eigenvalue weighted by atomic mass is 35.5. The molecule has 26 heavy (non-hydrogen) atoms. The third-order valence-electron chi connectivity index (χ3n) is 5.17. The standard InChI is InChI=1S/C21H27N3.2ClH/c1-16-14-23(15-17(2)22-16)12-7-13-24-20-10-5-3-8-18(20)19-9-4-6-11-21(19)24;;/h3-6,8-11,16-17,22H,7,12-15H2,1-2H3;2*1H/p-2/t16-,17+;;. The van der Waals surface area contributed by atoms with Crippen LogP contribution >= 0.6 is 0 Å². The average Bonchev–Trinajstić information content (AvgIpc) is 2.89. The Kier molecular flexibility index (Phi) is 7.36. The molecule has 1 aliphatic rings. The average molecular weight is 392 g/mol. The molecule has 0 amide bonds. The topological polar surface area (TPSA) is 20.2 Å². The molecule has 1 fully saturated rings. The van der Waals surface area contributed by atoms with E-state index >= 15 is 0 Å². The molecule has 5 heteroatoms. The first kappa shape index (κ1) is 21.0. The van der Waals surface area contributed by atoms with Gasteiger partial charge in [0.2, 0.25) is 0 Å². The van der Waals surface area contributed by atoms with E-state index in [0.717, 1.165) is 19.6 Å². The quantitative estimate of drug-likeness (QED) is 0.548. The minimum atomic E-state index is 0. The lowest BCUT2D eigenvalue weighted by molar-refractivity contribution is -0.001000. The molecule has 1 aromatic heterocycles. The second kappa shape index (κ2) is 9.09. The van der Waals surface area contributed by atoms with Crippen LogP contribution in [0.15, 0.2) is 48.5 Å². The minimum Gasteiger partial charge on any atom is -1.00 e. The summed E-state index contributed by atoms with van der Waals surface area (Å²) in [5, 5.41) is 6.36. The first-order valence-electron chi connectivity index (χ1n) is 9.17. The summed E-state index contributed by atoms with van der Waals surface area (Å²) < 4.78 is 2.50. The smallest absolute Gasteiger partial charge is 0.0491 e. The van der Waals surface area contributed by atoms with Crippen molar-refractivity contribution < 1.29 is 24.8 Å². The van der Waals surface area contributed by atoms with Gasteiger partial charge < -0.3 is 39.6 Å². The molecule has 2 aromatic carbocycles. The van der Waals surface area contributed by atoms with Gasteiger partial charge in [-0.15, -0.1) is 0 Å². The summed E-state index contributed by atoms with van der Waals surface area (Å²) in [5.41, 5.74) is 2.72. The van der Waals surface area contributed by atoms with Crippen molar-refractivity contribution in [3.05, 3.63) is 48.5 Å². The number of piperazine rings is 1. The largest absolute Gasteiger partial charge is 1.00 e. The summed E-state index contributed by atoms with van der Waals surface area (Å²) in [5.74, 6) is 0. The maximum absolute atomic E-state index is 3.61. The Balaban J connectivity index is 0.00000121. The number of para-hydroxylation sites is 2. The molecule has 1 N–H and O–H groups in total. The van der Waals surface area contributed by atoms with Crippen LogP contribution < -0.4 is 30.1 Å². The molecule has 4 rings (SSSR count). The van der Waals surface area contributed by atoms with E-state index in [1.807, 2.05) is 0 Å². The van der Waals surface area contributed by atoms with Gasteiger partial charge in [-0.05, 0) is 38.9 Å². The molecule has 3 nitrogen and oxygen atoms in total. The second-order valence-electron chi connectivity index (χ2n) is 7.27. The summed E-state index contributed by atoms with van der Waals surface area (Å²) in [6.07, 6.45) is 1.20. The Labute approximate surface area is 168 Å². The number of nitrogens with one attached hydrogen (secondary N) is 1. The SMILES string of the molecule is C[C@@H]1CN(CCCn2c3ccccc3c3ccccc32)C[C@H](C)N1.[Cl-].[Cl-]. The monoisotopic (exact) mass is 391 g/mol. The molecular weight excluding hydrogens is 365 g/mol. The van der Waals surface area contributed by atoms with Crippen LogP contribution in [0.4, 0.5) is 0 Å². The fourth-order valence-corrected chi connectivity index (χ4v) is 4.32. The zero-order valence-electron chi connectivity index (χ0n) is 15.5. The van der Waals surface area contributed by atoms with E-state index in [9.17, 15) is 0 Å². The molecule has 0 bridgehead atoms. The van der Waals surface area contributed by atoms with Crippen molar-refractivity contribution in [2.75, 3.05) is 19.6 Å². The van der Waals surface area contributed by atoms with Crippen molar-refractivity contribution in [3.8, 4) is 0 Å². The van der Waals surface area contributed by atoms with E-state index in [2.05, 4.69) is 77.2 Å². The minimum absolute atomic E-state index is 0. The van der Waals surface area contributed by atoms with Gasteiger partial charge in [-0.2, -0.15) is 0 Å². The molecular formula is C21H27Cl2N3-2. The molecule has 0 aliphatic carbocycles. The second-order valence-corrected chi connectivity index (χ2v) is 7.27. The zero-order chi connectivity index (χ0) is 16.5. The Morgan fingerprint density at radius 2 is 1.31 bits per heavy atom. The lowest BCUT2D eigenvalue weighted by Crippen LogP contribution is -3.00. The first-order valence-corrected chi connectivity index (χ1v) is 9.17. The number of aryl methyl sites for hydroxylation is 1. The van der Waals surface area contributed by atoms with Crippen molar-refractivity contribution in [2.24, 2.45) is 0 Å². The molecule has 1 aliphatic heterocycles. The summed E-state index contributed by atoms with van der Waals surface area (Å²) in [6, 6.07) is 18.8. The van der Waals surface area contributed by atoms with E-state index in [-0.39, 0.29) is 24.8 Å². The Hall–Kier alpha value is -1.26. The fraction of sp³-hybridized carbons (Fsp3) is 0.429. The lowest BCUT2D eigenvalue weighted by atomic mass is 10.1. The van der Waals surface area contributed by atoms with Crippen LogP contribution in [0.2, 0.25) is 0 Å². The van der Waals surface area contributed by atoms with Gasteiger partial charge in [0, 0.05) is 53.5 Å². The van der Waals surface area contributed by atoms with E-state index in [1.165, 1.54) is 34.8 Å². The van der Waals surface area contributed by atoms with Crippen LogP contribution in [-0.4, -0.2) is 41.2 Å². The number of hydrogen-bond donors (Lipinski definition) is 1. The van der Waals surface area contributed by atoms with Gasteiger partial charge in [-0.3, -0.25) is 0 Å². The summed E-state index contributed by atoms with van der Waals surface area (Å²) in [4.78, 5) is 2.61. The fourth-order valence-electron chi connectivity index (χ4n) is 4.32. The molecule has 0 radical (unpaired) electrons. The maximum atomic E-state index is 3.61. The van der Waals surface area contributed by atoms with Crippen LogP contribution in [0.25, 0.3) is 21.8 Å². The van der Waals surface area contributed by atoms with E-state index in [0.29, 0.717) is 12.1 Å². The number of hydrogen-bond acceptors (Lipinski definition) is 2. The van der Waals surface area contributed by atoms with Crippen molar-refractivity contribution in [3.63, 3.8) is 0 Å².